The summed E-state index contributed by atoms with van der Waals surface area (Å²) in [5.74, 6) is 2.63. The first kappa shape index (κ1) is 23.1. The molecular formula is C17H33IN6O2. The normalized spacial score (nSPS) is 16.7. The largest absolute Gasteiger partial charge is 0.381 e. The van der Waals surface area contributed by atoms with Gasteiger partial charge in [-0.2, -0.15) is 5.10 Å². The topological polar surface area (TPSA) is 85.6 Å². The summed E-state index contributed by atoms with van der Waals surface area (Å²) in [5, 5.41) is 11.3. The lowest BCUT2D eigenvalue weighted by Crippen LogP contribution is -2.47. The highest BCUT2D eigenvalue weighted by atomic mass is 127. The fourth-order valence-corrected chi connectivity index (χ4v) is 2.79. The molecule has 26 heavy (non-hydrogen) atoms. The fraction of sp³-hybridized carbons (Fsp3) is 0.824. The maximum atomic E-state index is 5.57. The van der Waals surface area contributed by atoms with E-state index in [1.54, 1.807) is 14.2 Å². The SMILES string of the molecule is CCCCOCCCNC(=NC)NC1CCc2nc(COC)nn2C1.I. The summed E-state index contributed by atoms with van der Waals surface area (Å²) < 4.78 is 12.7. The molecule has 2 N–H and O–H groups in total. The number of aliphatic imine (C=N–C) groups is 1. The number of unbranched alkanes of at least 4 members (excludes halogenated alkanes) is 1. The Bertz CT molecular complexity index is 537. The molecule has 0 fully saturated rings. The summed E-state index contributed by atoms with van der Waals surface area (Å²) in [5.41, 5.74) is 0. The van der Waals surface area contributed by atoms with E-state index in [0.29, 0.717) is 12.6 Å². The highest BCUT2D eigenvalue weighted by Gasteiger charge is 2.22. The monoisotopic (exact) mass is 480 g/mol. The number of hydrogen-bond acceptors (Lipinski definition) is 5. The Morgan fingerprint density at radius 1 is 1.35 bits per heavy atom. The lowest BCUT2D eigenvalue weighted by atomic mass is 10.1. The standard InChI is InChI=1S/C17H32N6O2.HI/c1-4-5-10-25-11-6-9-19-17(18-2)20-14-7-8-16-21-15(13-24-3)22-23(16)12-14;/h14H,4-13H2,1-3H3,(H2,18,19,20);1H. The average Bonchev–Trinajstić information content (AvgIpc) is 3.02. The van der Waals surface area contributed by atoms with E-state index in [1.807, 2.05) is 4.68 Å². The second-order valence-corrected chi connectivity index (χ2v) is 6.26. The van der Waals surface area contributed by atoms with Gasteiger partial charge in [0.25, 0.3) is 0 Å². The maximum Gasteiger partial charge on any atom is 0.191 e. The second kappa shape index (κ2) is 13.3. The molecule has 0 aromatic carbocycles. The van der Waals surface area contributed by atoms with E-state index < -0.39 is 0 Å². The zero-order valence-electron chi connectivity index (χ0n) is 16.2. The van der Waals surface area contributed by atoms with E-state index >= 15 is 0 Å². The third-order valence-corrected chi connectivity index (χ3v) is 4.14. The number of rotatable bonds is 10. The van der Waals surface area contributed by atoms with E-state index in [2.05, 4.69) is 32.6 Å². The van der Waals surface area contributed by atoms with E-state index in [0.717, 1.165) is 69.6 Å². The molecule has 0 amide bonds. The number of guanidine groups is 1. The molecule has 0 spiro atoms. The summed E-state index contributed by atoms with van der Waals surface area (Å²) >= 11 is 0. The number of halogens is 1. The average molecular weight is 480 g/mol. The van der Waals surface area contributed by atoms with Crippen molar-refractivity contribution in [2.24, 2.45) is 4.99 Å². The molecule has 1 aliphatic heterocycles. The Morgan fingerprint density at radius 2 is 2.15 bits per heavy atom. The summed E-state index contributed by atoms with van der Waals surface area (Å²) in [6, 6.07) is 0.302. The number of methoxy groups -OCH3 is 1. The number of nitrogens with zero attached hydrogens (tertiary/aromatic N) is 4. The van der Waals surface area contributed by atoms with Gasteiger partial charge in [0.05, 0.1) is 6.54 Å². The van der Waals surface area contributed by atoms with Gasteiger partial charge >= 0.3 is 0 Å². The number of hydrogen-bond donors (Lipinski definition) is 2. The molecule has 1 aromatic heterocycles. The fourth-order valence-electron chi connectivity index (χ4n) is 2.79. The molecule has 1 aliphatic rings. The van der Waals surface area contributed by atoms with E-state index in [1.165, 1.54) is 6.42 Å². The molecule has 0 saturated heterocycles. The van der Waals surface area contributed by atoms with Gasteiger partial charge in [0.15, 0.2) is 11.8 Å². The van der Waals surface area contributed by atoms with Crippen LogP contribution >= 0.6 is 24.0 Å². The predicted octanol–water partition coefficient (Wildman–Crippen LogP) is 1.73. The summed E-state index contributed by atoms with van der Waals surface area (Å²) in [6.07, 6.45) is 5.22. The van der Waals surface area contributed by atoms with Crippen LogP contribution in [0.5, 0.6) is 0 Å². The molecule has 2 heterocycles. The summed E-state index contributed by atoms with van der Waals surface area (Å²) in [7, 11) is 3.46. The van der Waals surface area contributed by atoms with Crippen molar-refractivity contribution in [2.45, 2.75) is 58.2 Å². The van der Waals surface area contributed by atoms with Gasteiger partial charge in [-0.3, -0.25) is 4.99 Å². The van der Waals surface area contributed by atoms with E-state index in [-0.39, 0.29) is 24.0 Å². The van der Waals surface area contributed by atoms with Gasteiger partial charge in [-0.1, -0.05) is 13.3 Å². The molecule has 0 radical (unpaired) electrons. The zero-order chi connectivity index (χ0) is 17.9. The van der Waals surface area contributed by atoms with Gasteiger partial charge in [-0.05, 0) is 19.3 Å². The van der Waals surface area contributed by atoms with E-state index in [4.69, 9.17) is 9.47 Å². The van der Waals surface area contributed by atoms with Crippen molar-refractivity contribution in [3.8, 4) is 0 Å². The van der Waals surface area contributed by atoms with Crippen LogP contribution in [0.3, 0.4) is 0 Å². The Morgan fingerprint density at radius 3 is 2.88 bits per heavy atom. The molecule has 0 bridgehead atoms. The smallest absolute Gasteiger partial charge is 0.191 e. The minimum Gasteiger partial charge on any atom is -0.381 e. The van der Waals surface area contributed by atoms with Crippen LogP contribution in [0.25, 0.3) is 0 Å². The highest BCUT2D eigenvalue weighted by Crippen LogP contribution is 2.13. The number of aryl methyl sites for hydroxylation is 1. The lowest BCUT2D eigenvalue weighted by molar-refractivity contribution is 0.129. The molecule has 1 atom stereocenters. The maximum absolute atomic E-state index is 5.57. The zero-order valence-corrected chi connectivity index (χ0v) is 18.5. The first-order valence-corrected chi connectivity index (χ1v) is 9.23. The summed E-state index contributed by atoms with van der Waals surface area (Å²) in [4.78, 5) is 8.81. The molecule has 150 valence electrons. The Kier molecular flexibility index (Phi) is 11.8. The molecular weight excluding hydrogens is 447 g/mol. The van der Waals surface area contributed by atoms with Crippen LogP contribution in [0.4, 0.5) is 0 Å². The quantitative estimate of drug-likeness (QED) is 0.230. The molecule has 9 heteroatoms. The third kappa shape index (κ3) is 7.75. The van der Waals surface area contributed by atoms with Crippen molar-refractivity contribution in [3.63, 3.8) is 0 Å². The number of ether oxygens (including phenoxy) is 2. The molecule has 2 rings (SSSR count). The van der Waals surface area contributed by atoms with Crippen LogP contribution in [0.15, 0.2) is 4.99 Å². The minimum absolute atomic E-state index is 0. The van der Waals surface area contributed by atoms with Gasteiger partial charge in [0.2, 0.25) is 0 Å². The Balaban J connectivity index is 0.00000338. The number of fused-ring (bicyclic) bond motifs is 1. The van der Waals surface area contributed by atoms with Gasteiger partial charge in [-0.25, -0.2) is 9.67 Å². The number of aromatic nitrogens is 3. The molecule has 0 saturated carbocycles. The Hall–Kier alpha value is -0.940. The van der Waals surface area contributed by atoms with Crippen LogP contribution in [-0.2, 0) is 29.0 Å². The third-order valence-electron chi connectivity index (χ3n) is 4.14. The van der Waals surface area contributed by atoms with Gasteiger partial charge in [0.1, 0.15) is 12.4 Å². The first-order chi connectivity index (χ1) is 12.3. The molecule has 1 aromatic rings. The first-order valence-electron chi connectivity index (χ1n) is 9.23. The summed E-state index contributed by atoms with van der Waals surface area (Å²) in [6.45, 7) is 5.93. The van der Waals surface area contributed by atoms with Crippen molar-refractivity contribution in [1.82, 2.24) is 25.4 Å². The molecule has 1 unspecified atom stereocenters. The second-order valence-electron chi connectivity index (χ2n) is 6.26. The van der Waals surface area contributed by atoms with Crippen molar-refractivity contribution in [2.75, 3.05) is 33.9 Å². The molecule has 0 aliphatic carbocycles. The van der Waals surface area contributed by atoms with Crippen LogP contribution in [0.2, 0.25) is 0 Å². The van der Waals surface area contributed by atoms with Crippen molar-refractivity contribution in [1.29, 1.82) is 0 Å². The van der Waals surface area contributed by atoms with Crippen LogP contribution < -0.4 is 10.6 Å². The molecule has 8 nitrogen and oxygen atoms in total. The predicted molar refractivity (Wildman–Crippen MR) is 113 cm³/mol. The van der Waals surface area contributed by atoms with Crippen molar-refractivity contribution in [3.05, 3.63) is 11.6 Å². The number of nitrogens with one attached hydrogen (secondary N) is 2. The van der Waals surface area contributed by atoms with Gasteiger partial charge in [0, 0.05) is 46.4 Å². The lowest BCUT2D eigenvalue weighted by Gasteiger charge is -2.25. The Labute approximate surface area is 173 Å². The van der Waals surface area contributed by atoms with Crippen LogP contribution in [0, 0.1) is 0 Å². The van der Waals surface area contributed by atoms with Crippen LogP contribution in [0.1, 0.15) is 44.3 Å². The van der Waals surface area contributed by atoms with Gasteiger partial charge < -0.3 is 20.1 Å². The highest BCUT2D eigenvalue weighted by molar-refractivity contribution is 14.0. The van der Waals surface area contributed by atoms with E-state index in [9.17, 15) is 0 Å². The van der Waals surface area contributed by atoms with Crippen molar-refractivity contribution >= 4 is 29.9 Å². The van der Waals surface area contributed by atoms with Crippen LogP contribution in [-0.4, -0.2) is 60.7 Å². The van der Waals surface area contributed by atoms with Crippen molar-refractivity contribution < 1.29 is 9.47 Å². The van der Waals surface area contributed by atoms with Gasteiger partial charge in [-0.15, -0.1) is 24.0 Å². The minimum atomic E-state index is 0.